The predicted molar refractivity (Wildman–Crippen MR) is 57.1 cm³/mol. The first-order chi connectivity index (χ1) is 8.47. The summed E-state index contributed by atoms with van der Waals surface area (Å²) in [5.74, 6) is -1.01. The summed E-state index contributed by atoms with van der Waals surface area (Å²) in [6.45, 7) is -0.592. The van der Waals surface area contributed by atoms with E-state index in [-0.39, 0.29) is 11.5 Å². The summed E-state index contributed by atoms with van der Waals surface area (Å²) in [4.78, 5) is 14.9. The average Bonchev–Trinajstić information content (AvgIpc) is 2.82. The Morgan fingerprint density at radius 3 is 2.83 bits per heavy atom. The molecule has 1 saturated heterocycles. The van der Waals surface area contributed by atoms with Crippen molar-refractivity contribution in [3.63, 3.8) is 0 Å². The zero-order valence-corrected chi connectivity index (χ0v) is 9.23. The van der Waals surface area contributed by atoms with Crippen LogP contribution in [0.3, 0.4) is 0 Å². The van der Waals surface area contributed by atoms with Gasteiger partial charge in [-0.05, 0) is 0 Å². The third-order valence-electron chi connectivity index (χ3n) is 2.80. The van der Waals surface area contributed by atoms with E-state index in [0.29, 0.717) is 0 Å². The highest BCUT2D eigenvalue weighted by molar-refractivity contribution is 5.95. The molecule has 0 bridgehead atoms. The maximum absolute atomic E-state index is 13.5. The molecular weight excluding hydrogens is 247 g/mol. The quantitative estimate of drug-likeness (QED) is 0.503. The number of aliphatic hydroxyl groups is 2. The summed E-state index contributed by atoms with van der Waals surface area (Å²) < 4.78 is 19.7. The second-order valence-corrected chi connectivity index (χ2v) is 3.93. The molecule has 18 heavy (non-hydrogen) atoms. The second kappa shape index (κ2) is 4.52. The van der Waals surface area contributed by atoms with Crippen LogP contribution >= 0.6 is 0 Å². The predicted octanol–water partition coefficient (Wildman–Crippen LogP) is -1.85. The first-order valence-electron chi connectivity index (χ1n) is 5.18. The molecule has 1 amide bonds. The fourth-order valence-corrected chi connectivity index (χ4v) is 1.91. The molecule has 0 aromatic carbocycles. The fourth-order valence-electron chi connectivity index (χ4n) is 1.91. The Morgan fingerprint density at radius 1 is 1.67 bits per heavy atom. The van der Waals surface area contributed by atoms with Crippen LogP contribution in [0.4, 0.5) is 10.2 Å². The van der Waals surface area contributed by atoms with Gasteiger partial charge in [0.05, 0.1) is 12.9 Å². The van der Waals surface area contributed by atoms with Gasteiger partial charge < -0.3 is 26.4 Å². The van der Waals surface area contributed by atoms with Crippen LogP contribution in [0.5, 0.6) is 0 Å². The lowest BCUT2D eigenvalue weighted by Crippen LogP contribution is -2.30. The van der Waals surface area contributed by atoms with Gasteiger partial charge in [-0.1, -0.05) is 0 Å². The summed E-state index contributed by atoms with van der Waals surface area (Å²) in [6, 6.07) is 0. The number of primary amides is 1. The Bertz CT molecular complexity index is 465. The molecule has 9 heteroatoms. The fraction of sp³-hybridized carbons (Fsp3) is 0.556. The van der Waals surface area contributed by atoms with E-state index in [2.05, 4.69) is 4.98 Å². The Balaban J connectivity index is 2.36. The number of nitrogens with zero attached hydrogens (tertiary/aromatic N) is 2. The molecule has 0 radical (unpaired) electrons. The molecule has 1 fully saturated rings. The SMILES string of the molecule is NC(=O)c1c(N)ncn1C1OC(CO)C(F)C1O. The highest BCUT2D eigenvalue weighted by Crippen LogP contribution is 2.32. The van der Waals surface area contributed by atoms with E-state index >= 15 is 0 Å². The first kappa shape index (κ1) is 12.7. The smallest absolute Gasteiger partial charge is 0.269 e. The maximum Gasteiger partial charge on any atom is 0.269 e. The van der Waals surface area contributed by atoms with Crippen molar-refractivity contribution in [3.05, 3.63) is 12.0 Å². The zero-order valence-electron chi connectivity index (χ0n) is 9.23. The minimum atomic E-state index is -1.77. The monoisotopic (exact) mass is 260 g/mol. The Morgan fingerprint density at radius 2 is 2.33 bits per heavy atom. The first-order valence-corrected chi connectivity index (χ1v) is 5.18. The van der Waals surface area contributed by atoms with Gasteiger partial charge in [0.25, 0.3) is 5.91 Å². The molecule has 100 valence electrons. The molecule has 2 rings (SSSR count). The van der Waals surface area contributed by atoms with Crippen molar-refractivity contribution < 1.29 is 24.1 Å². The zero-order chi connectivity index (χ0) is 13.4. The van der Waals surface area contributed by atoms with Crippen molar-refractivity contribution in [1.82, 2.24) is 9.55 Å². The van der Waals surface area contributed by atoms with Gasteiger partial charge >= 0.3 is 0 Å². The van der Waals surface area contributed by atoms with Crippen LogP contribution in [0.1, 0.15) is 16.7 Å². The third kappa shape index (κ3) is 1.82. The van der Waals surface area contributed by atoms with E-state index in [1.54, 1.807) is 0 Å². The topological polar surface area (TPSA) is 137 Å². The van der Waals surface area contributed by atoms with E-state index in [1.807, 2.05) is 0 Å². The number of nitrogen functional groups attached to an aromatic ring is 1. The van der Waals surface area contributed by atoms with Gasteiger partial charge in [0.15, 0.2) is 23.9 Å². The number of alkyl halides is 1. The molecule has 1 aliphatic rings. The number of carbonyl (C=O) groups is 1. The molecule has 4 unspecified atom stereocenters. The minimum Gasteiger partial charge on any atom is -0.394 e. The maximum atomic E-state index is 13.5. The Kier molecular flexibility index (Phi) is 3.20. The average molecular weight is 260 g/mol. The largest absolute Gasteiger partial charge is 0.394 e. The normalized spacial score (nSPS) is 31.7. The van der Waals surface area contributed by atoms with Gasteiger partial charge in [-0.2, -0.15) is 0 Å². The van der Waals surface area contributed by atoms with Crippen LogP contribution < -0.4 is 11.5 Å². The lowest BCUT2D eigenvalue weighted by molar-refractivity contribution is -0.0520. The van der Waals surface area contributed by atoms with Gasteiger partial charge in [0.2, 0.25) is 0 Å². The number of hydrogen-bond donors (Lipinski definition) is 4. The van der Waals surface area contributed by atoms with Crippen molar-refractivity contribution in [3.8, 4) is 0 Å². The molecule has 0 aliphatic carbocycles. The van der Waals surface area contributed by atoms with Gasteiger partial charge in [-0.25, -0.2) is 9.37 Å². The van der Waals surface area contributed by atoms with Gasteiger partial charge in [0, 0.05) is 0 Å². The highest BCUT2D eigenvalue weighted by atomic mass is 19.1. The van der Waals surface area contributed by atoms with E-state index < -0.39 is 37.1 Å². The number of imidazole rings is 1. The lowest BCUT2D eigenvalue weighted by atomic mass is 10.1. The summed E-state index contributed by atoms with van der Waals surface area (Å²) in [5.41, 5.74) is 10.4. The highest BCUT2D eigenvalue weighted by Gasteiger charge is 2.45. The Hall–Kier alpha value is -1.71. The molecule has 1 aromatic rings. The number of rotatable bonds is 3. The molecule has 2 heterocycles. The molecule has 1 aromatic heterocycles. The molecular formula is C9H13FN4O4. The number of carbonyl (C=O) groups excluding carboxylic acids is 1. The summed E-state index contributed by atoms with van der Waals surface area (Å²) in [5, 5.41) is 18.6. The van der Waals surface area contributed by atoms with Crippen molar-refractivity contribution in [2.24, 2.45) is 5.73 Å². The van der Waals surface area contributed by atoms with E-state index in [0.717, 1.165) is 10.9 Å². The van der Waals surface area contributed by atoms with Gasteiger partial charge in [0.1, 0.15) is 12.2 Å². The van der Waals surface area contributed by atoms with E-state index in [4.69, 9.17) is 21.3 Å². The number of hydrogen-bond acceptors (Lipinski definition) is 6. The molecule has 1 aliphatic heterocycles. The number of anilines is 1. The lowest BCUT2D eigenvalue weighted by Gasteiger charge is -2.17. The molecule has 0 spiro atoms. The van der Waals surface area contributed by atoms with Crippen molar-refractivity contribution >= 4 is 11.7 Å². The van der Waals surface area contributed by atoms with Crippen LogP contribution in [0.2, 0.25) is 0 Å². The number of amides is 1. The number of ether oxygens (including phenoxy) is 1. The van der Waals surface area contributed by atoms with Crippen LogP contribution in [-0.4, -0.2) is 50.7 Å². The summed E-state index contributed by atoms with van der Waals surface area (Å²) >= 11 is 0. The van der Waals surface area contributed by atoms with Crippen LogP contribution in [-0.2, 0) is 4.74 Å². The van der Waals surface area contributed by atoms with Crippen LogP contribution in [0.15, 0.2) is 6.33 Å². The number of halogens is 1. The third-order valence-corrected chi connectivity index (χ3v) is 2.80. The van der Waals surface area contributed by atoms with E-state index in [1.165, 1.54) is 0 Å². The second-order valence-electron chi connectivity index (χ2n) is 3.93. The minimum absolute atomic E-state index is 0.138. The van der Waals surface area contributed by atoms with Crippen molar-refractivity contribution in [2.75, 3.05) is 12.3 Å². The summed E-state index contributed by atoms with van der Waals surface area (Å²) in [6.07, 6.45) is -4.58. The van der Waals surface area contributed by atoms with Crippen molar-refractivity contribution in [1.29, 1.82) is 0 Å². The standard InChI is InChI=1S/C9H13FN4O4/c10-4-3(1-15)18-9(6(4)16)14-2-13-7(11)5(14)8(12)17/h2-4,6,9,15-16H,1,11H2,(H2,12,17). The van der Waals surface area contributed by atoms with Crippen LogP contribution in [0.25, 0.3) is 0 Å². The molecule has 8 nitrogen and oxygen atoms in total. The van der Waals surface area contributed by atoms with Gasteiger partial charge in [-0.15, -0.1) is 0 Å². The molecule has 0 saturated carbocycles. The van der Waals surface area contributed by atoms with E-state index in [9.17, 15) is 14.3 Å². The molecule has 4 atom stereocenters. The molecule has 6 N–H and O–H groups in total. The van der Waals surface area contributed by atoms with Gasteiger partial charge in [-0.3, -0.25) is 9.36 Å². The Labute approximate surface area is 101 Å². The number of aliphatic hydroxyl groups excluding tert-OH is 2. The van der Waals surface area contributed by atoms with Crippen molar-refractivity contribution in [2.45, 2.75) is 24.6 Å². The number of aromatic nitrogens is 2. The number of nitrogens with two attached hydrogens (primary N) is 2. The summed E-state index contributed by atoms with van der Waals surface area (Å²) in [7, 11) is 0. The van der Waals surface area contributed by atoms with Crippen LogP contribution in [0, 0.1) is 0 Å².